The number of rotatable bonds is 8. The highest BCUT2D eigenvalue weighted by Gasteiger charge is 2.35. The number of aryl methyl sites for hydroxylation is 1. The van der Waals surface area contributed by atoms with E-state index in [9.17, 15) is 14.0 Å². The minimum absolute atomic E-state index is 0.0343. The number of methoxy groups -OCH3 is 2. The molecule has 6 nitrogen and oxygen atoms in total. The normalized spacial score (nSPS) is 16.4. The van der Waals surface area contributed by atoms with Gasteiger partial charge >= 0.3 is 5.97 Å². The number of halogens is 1. The van der Waals surface area contributed by atoms with Crippen LogP contribution < -0.4 is 4.90 Å². The maximum Gasteiger partial charge on any atom is 0.338 e. The van der Waals surface area contributed by atoms with Crippen LogP contribution in [0.2, 0.25) is 0 Å². The summed E-state index contributed by atoms with van der Waals surface area (Å²) in [5.74, 6) is -0.506. The average molecular weight is 434 g/mol. The highest BCUT2D eigenvalue weighted by Crippen LogP contribution is 2.42. The van der Waals surface area contributed by atoms with Gasteiger partial charge in [0.05, 0.1) is 24.5 Å². The van der Waals surface area contributed by atoms with Gasteiger partial charge in [-0.15, -0.1) is 11.8 Å². The molecule has 0 spiro atoms. The van der Waals surface area contributed by atoms with Crippen molar-refractivity contribution in [2.75, 3.05) is 38.1 Å². The molecule has 2 aromatic carbocycles. The number of nitrogens with zero attached hydrogens (tertiary/aromatic N) is 1. The van der Waals surface area contributed by atoms with Crippen molar-refractivity contribution in [1.29, 1.82) is 0 Å². The second-order valence-corrected chi connectivity index (χ2v) is 7.99. The second-order valence-electron chi connectivity index (χ2n) is 6.92. The molecule has 0 bridgehead atoms. The van der Waals surface area contributed by atoms with Gasteiger partial charge in [0.25, 0.3) is 0 Å². The highest BCUT2D eigenvalue weighted by molar-refractivity contribution is 8.00. The van der Waals surface area contributed by atoms with Crippen LogP contribution in [0.25, 0.3) is 0 Å². The SMILES string of the molecule is COCC(COC)OC(=O)c1ccc(N2C(=O)CSC2c2ccc(F)cc2)c(C)c1. The first-order valence-electron chi connectivity index (χ1n) is 9.43. The molecule has 1 fully saturated rings. The van der Waals surface area contributed by atoms with Crippen molar-refractivity contribution in [3.8, 4) is 0 Å². The average Bonchev–Trinajstić information content (AvgIpc) is 3.10. The van der Waals surface area contributed by atoms with Gasteiger partial charge in [0.2, 0.25) is 5.91 Å². The first-order chi connectivity index (χ1) is 14.4. The molecule has 0 N–H and O–H groups in total. The molecule has 2 aromatic rings. The lowest BCUT2D eigenvalue weighted by Crippen LogP contribution is -2.29. The lowest BCUT2D eigenvalue weighted by atomic mass is 10.1. The Bertz CT molecular complexity index is 899. The second kappa shape index (κ2) is 10.1. The third kappa shape index (κ3) is 5.00. The van der Waals surface area contributed by atoms with Gasteiger partial charge in [0.15, 0.2) is 0 Å². The van der Waals surface area contributed by atoms with E-state index in [1.54, 1.807) is 35.2 Å². The summed E-state index contributed by atoms with van der Waals surface area (Å²) >= 11 is 1.49. The topological polar surface area (TPSA) is 65.1 Å². The molecule has 160 valence electrons. The van der Waals surface area contributed by atoms with E-state index in [1.807, 2.05) is 6.92 Å². The van der Waals surface area contributed by atoms with Crippen LogP contribution in [0.3, 0.4) is 0 Å². The maximum atomic E-state index is 13.3. The van der Waals surface area contributed by atoms with Gasteiger partial charge < -0.3 is 14.2 Å². The molecule has 1 atom stereocenters. The van der Waals surface area contributed by atoms with Crippen molar-refractivity contribution in [2.45, 2.75) is 18.4 Å². The molecule has 1 unspecified atom stereocenters. The lowest BCUT2D eigenvalue weighted by Gasteiger charge is -2.26. The zero-order chi connectivity index (χ0) is 21.7. The Morgan fingerprint density at radius 3 is 2.43 bits per heavy atom. The van der Waals surface area contributed by atoms with Gasteiger partial charge in [-0.2, -0.15) is 0 Å². The van der Waals surface area contributed by atoms with E-state index >= 15 is 0 Å². The fourth-order valence-electron chi connectivity index (χ4n) is 3.32. The molecule has 1 heterocycles. The van der Waals surface area contributed by atoms with Gasteiger partial charge in [-0.25, -0.2) is 9.18 Å². The molecule has 0 radical (unpaired) electrons. The number of amides is 1. The van der Waals surface area contributed by atoms with Crippen LogP contribution in [-0.2, 0) is 19.0 Å². The first kappa shape index (κ1) is 22.3. The summed E-state index contributed by atoms with van der Waals surface area (Å²) in [5, 5.41) is -0.248. The minimum atomic E-state index is -0.508. The van der Waals surface area contributed by atoms with E-state index in [-0.39, 0.29) is 30.3 Å². The number of esters is 1. The smallest absolute Gasteiger partial charge is 0.338 e. The predicted molar refractivity (Wildman–Crippen MR) is 113 cm³/mol. The van der Waals surface area contributed by atoms with Crippen molar-refractivity contribution in [3.63, 3.8) is 0 Å². The summed E-state index contributed by atoms with van der Waals surface area (Å²) in [5.41, 5.74) is 2.70. The molecule has 1 aliphatic rings. The number of hydrogen-bond donors (Lipinski definition) is 0. The van der Waals surface area contributed by atoms with Crippen LogP contribution in [0.4, 0.5) is 10.1 Å². The molecule has 0 aromatic heterocycles. The van der Waals surface area contributed by atoms with Gasteiger partial charge in [0.1, 0.15) is 17.3 Å². The fourth-order valence-corrected chi connectivity index (χ4v) is 4.49. The van der Waals surface area contributed by atoms with E-state index in [2.05, 4.69) is 0 Å². The van der Waals surface area contributed by atoms with Crippen molar-refractivity contribution < 1.29 is 28.2 Å². The zero-order valence-electron chi connectivity index (χ0n) is 17.1. The van der Waals surface area contributed by atoms with Crippen LogP contribution in [0.15, 0.2) is 42.5 Å². The molecule has 8 heteroatoms. The van der Waals surface area contributed by atoms with Crippen LogP contribution in [0, 0.1) is 12.7 Å². The quantitative estimate of drug-likeness (QED) is 0.591. The molecule has 3 rings (SSSR count). The third-order valence-corrected chi connectivity index (χ3v) is 5.91. The lowest BCUT2D eigenvalue weighted by molar-refractivity contribution is -0.115. The van der Waals surface area contributed by atoms with Gasteiger partial charge in [-0.3, -0.25) is 9.69 Å². The molecule has 1 amide bonds. The highest BCUT2D eigenvalue weighted by atomic mass is 32.2. The number of anilines is 1. The standard InChI is InChI=1S/C22H24FNO5S/c1-14-10-16(22(26)29-18(11-27-2)12-28-3)6-9-19(14)24-20(25)13-30-21(24)15-4-7-17(23)8-5-15/h4-10,18,21H,11-13H2,1-3H3. The largest absolute Gasteiger partial charge is 0.454 e. The van der Waals surface area contributed by atoms with Crippen molar-refractivity contribution >= 4 is 29.3 Å². The van der Waals surface area contributed by atoms with Crippen LogP contribution in [0.5, 0.6) is 0 Å². The molecule has 30 heavy (non-hydrogen) atoms. The molecule has 1 aliphatic heterocycles. The number of benzene rings is 2. The van der Waals surface area contributed by atoms with E-state index in [4.69, 9.17) is 14.2 Å². The minimum Gasteiger partial charge on any atom is -0.454 e. The number of thioether (sulfide) groups is 1. The van der Waals surface area contributed by atoms with E-state index in [0.29, 0.717) is 17.0 Å². The number of hydrogen-bond acceptors (Lipinski definition) is 6. The van der Waals surface area contributed by atoms with Crippen molar-refractivity contribution in [2.24, 2.45) is 0 Å². The van der Waals surface area contributed by atoms with Gasteiger partial charge in [0, 0.05) is 19.9 Å². The van der Waals surface area contributed by atoms with Crippen molar-refractivity contribution in [3.05, 3.63) is 65.0 Å². The Morgan fingerprint density at radius 2 is 1.83 bits per heavy atom. The predicted octanol–water partition coefficient (Wildman–Crippen LogP) is 3.73. The van der Waals surface area contributed by atoms with E-state index in [0.717, 1.165) is 11.1 Å². The van der Waals surface area contributed by atoms with Gasteiger partial charge in [-0.05, 0) is 48.4 Å². The summed E-state index contributed by atoms with van der Waals surface area (Å²) in [4.78, 5) is 26.8. The Morgan fingerprint density at radius 1 is 1.17 bits per heavy atom. The Labute approximate surface area is 179 Å². The summed E-state index contributed by atoms with van der Waals surface area (Å²) in [6.07, 6.45) is -0.508. The van der Waals surface area contributed by atoms with Crippen LogP contribution in [-0.4, -0.2) is 51.2 Å². The maximum absolute atomic E-state index is 13.3. The first-order valence-corrected chi connectivity index (χ1v) is 10.5. The summed E-state index contributed by atoms with van der Waals surface area (Å²) < 4.78 is 28.8. The van der Waals surface area contributed by atoms with Crippen LogP contribution in [0.1, 0.15) is 26.9 Å². The number of carbonyl (C=O) groups is 2. The molecule has 0 aliphatic carbocycles. The Kier molecular flexibility index (Phi) is 7.47. The molecule has 1 saturated heterocycles. The van der Waals surface area contributed by atoms with E-state index < -0.39 is 12.1 Å². The summed E-state index contributed by atoms with van der Waals surface area (Å²) in [6, 6.07) is 11.2. The van der Waals surface area contributed by atoms with Crippen molar-refractivity contribution in [1.82, 2.24) is 0 Å². The number of carbonyl (C=O) groups excluding carboxylic acids is 2. The van der Waals surface area contributed by atoms with E-state index in [1.165, 1.54) is 38.1 Å². The Hall–Kier alpha value is -2.42. The van der Waals surface area contributed by atoms with Crippen LogP contribution >= 0.6 is 11.8 Å². The molecular weight excluding hydrogens is 409 g/mol. The molecular formula is C22H24FNO5S. The monoisotopic (exact) mass is 433 g/mol. The summed E-state index contributed by atoms with van der Waals surface area (Å²) in [7, 11) is 3.05. The third-order valence-electron chi connectivity index (χ3n) is 4.69. The zero-order valence-corrected chi connectivity index (χ0v) is 17.9. The summed E-state index contributed by atoms with van der Waals surface area (Å²) in [6.45, 7) is 2.30. The number of ether oxygens (including phenoxy) is 3. The molecule has 0 saturated carbocycles. The Balaban J connectivity index is 1.82. The van der Waals surface area contributed by atoms with Gasteiger partial charge in [-0.1, -0.05) is 12.1 Å². The fraction of sp³-hybridized carbons (Fsp3) is 0.364.